The van der Waals surface area contributed by atoms with Gasteiger partial charge < -0.3 is 14.8 Å². The molecule has 1 N–H and O–H groups in total. The Morgan fingerprint density at radius 1 is 0.920 bits per heavy atom. The van der Waals surface area contributed by atoms with Gasteiger partial charge in [-0.15, -0.1) is 0 Å². The van der Waals surface area contributed by atoms with Gasteiger partial charge in [0, 0.05) is 5.56 Å². The van der Waals surface area contributed by atoms with Crippen LogP contribution in [0.15, 0.2) is 42.5 Å². The lowest BCUT2D eigenvalue weighted by Gasteiger charge is -2.09. The molecule has 2 rings (SSSR count). The van der Waals surface area contributed by atoms with Crippen LogP contribution in [0, 0.1) is 0 Å². The number of benzene rings is 2. The van der Waals surface area contributed by atoms with Crippen molar-refractivity contribution in [3.05, 3.63) is 63.1 Å². The van der Waals surface area contributed by atoms with Gasteiger partial charge in [0.05, 0.1) is 15.1 Å². The van der Waals surface area contributed by atoms with E-state index in [2.05, 4.69) is 5.32 Å². The maximum atomic E-state index is 11.9. The zero-order valence-electron chi connectivity index (χ0n) is 12.9. The zero-order chi connectivity index (χ0) is 18.2. The molecule has 132 valence electrons. The predicted molar refractivity (Wildman–Crippen MR) is 96.7 cm³/mol. The van der Waals surface area contributed by atoms with E-state index in [1.165, 1.54) is 18.2 Å². The Bertz CT molecular complexity index is 767. The Hall–Kier alpha value is -1.95. The maximum absolute atomic E-state index is 11.9. The molecule has 2 aromatic rings. The Balaban J connectivity index is 1.69. The first kappa shape index (κ1) is 19.4. The molecule has 8 heteroatoms. The average molecular weight is 403 g/mol. The van der Waals surface area contributed by atoms with E-state index in [0.29, 0.717) is 21.4 Å². The SMILES string of the molecule is O=C(CNC(=O)c1ccc(Cl)c(Cl)c1)OCCOc1ccccc1Cl. The van der Waals surface area contributed by atoms with Crippen LogP contribution in [-0.2, 0) is 9.53 Å². The molecule has 0 fully saturated rings. The van der Waals surface area contributed by atoms with Crippen molar-refractivity contribution >= 4 is 46.7 Å². The minimum atomic E-state index is -0.587. The summed E-state index contributed by atoms with van der Waals surface area (Å²) >= 11 is 17.6. The number of amides is 1. The number of carbonyl (C=O) groups is 2. The van der Waals surface area contributed by atoms with E-state index in [-0.39, 0.29) is 24.8 Å². The summed E-state index contributed by atoms with van der Waals surface area (Å²) in [6, 6.07) is 11.4. The summed E-state index contributed by atoms with van der Waals surface area (Å²) in [4.78, 5) is 23.5. The topological polar surface area (TPSA) is 64.6 Å². The average Bonchev–Trinajstić information content (AvgIpc) is 2.60. The zero-order valence-corrected chi connectivity index (χ0v) is 15.2. The van der Waals surface area contributed by atoms with Crippen LogP contribution in [0.5, 0.6) is 5.75 Å². The van der Waals surface area contributed by atoms with E-state index in [1.807, 2.05) is 0 Å². The molecule has 0 aromatic heterocycles. The van der Waals surface area contributed by atoms with Gasteiger partial charge in [0.1, 0.15) is 25.5 Å². The number of ether oxygens (including phenoxy) is 2. The molecule has 0 saturated carbocycles. The van der Waals surface area contributed by atoms with Crippen LogP contribution in [-0.4, -0.2) is 31.6 Å². The van der Waals surface area contributed by atoms with Crippen LogP contribution in [0.3, 0.4) is 0 Å². The molecule has 0 atom stereocenters. The number of halogens is 3. The number of hydrogen-bond acceptors (Lipinski definition) is 4. The molecule has 0 radical (unpaired) electrons. The van der Waals surface area contributed by atoms with Gasteiger partial charge in [-0.2, -0.15) is 0 Å². The summed E-state index contributed by atoms with van der Waals surface area (Å²) in [6.45, 7) is -0.0892. The van der Waals surface area contributed by atoms with E-state index in [0.717, 1.165) is 0 Å². The molecular formula is C17H14Cl3NO4. The van der Waals surface area contributed by atoms with Crippen LogP contribution < -0.4 is 10.1 Å². The van der Waals surface area contributed by atoms with Crippen molar-refractivity contribution in [3.63, 3.8) is 0 Å². The number of carbonyl (C=O) groups excluding carboxylic acids is 2. The predicted octanol–water partition coefficient (Wildman–Crippen LogP) is 4.00. The Morgan fingerprint density at radius 3 is 2.40 bits per heavy atom. The van der Waals surface area contributed by atoms with Gasteiger partial charge in [0.2, 0.25) is 0 Å². The molecule has 0 aliphatic rings. The summed E-state index contributed by atoms with van der Waals surface area (Å²) in [6.07, 6.45) is 0. The minimum Gasteiger partial charge on any atom is -0.488 e. The molecule has 5 nitrogen and oxygen atoms in total. The third-order valence-electron chi connectivity index (χ3n) is 3.02. The number of hydrogen-bond donors (Lipinski definition) is 1. The monoisotopic (exact) mass is 401 g/mol. The number of rotatable bonds is 7. The molecule has 0 bridgehead atoms. The Kier molecular flexibility index (Phi) is 7.37. The van der Waals surface area contributed by atoms with Crippen molar-refractivity contribution in [2.75, 3.05) is 19.8 Å². The summed E-state index contributed by atoms with van der Waals surface area (Å²) in [5.74, 6) is -0.535. The fourth-order valence-corrected chi connectivity index (χ4v) is 2.30. The summed E-state index contributed by atoms with van der Waals surface area (Å²) < 4.78 is 10.3. The molecule has 1 amide bonds. The van der Waals surface area contributed by atoms with E-state index in [4.69, 9.17) is 44.3 Å². The fraction of sp³-hybridized carbons (Fsp3) is 0.176. The second kappa shape index (κ2) is 9.51. The first-order valence-electron chi connectivity index (χ1n) is 7.23. The van der Waals surface area contributed by atoms with Crippen molar-refractivity contribution < 1.29 is 19.1 Å². The molecule has 0 aliphatic heterocycles. The Labute approximate surface area is 159 Å². The highest BCUT2D eigenvalue weighted by atomic mass is 35.5. The van der Waals surface area contributed by atoms with Gasteiger partial charge in [-0.3, -0.25) is 9.59 Å². The molecule has 0 unspecified atom stereocenters. The van der Waals surface area contributed by atoms with Crippen LogP contribution in [0.25, 0.3) is 0 Å². The third kappa shape index (κ3) is 6.12. The summed E-state index contributed by atoms with van der Waals surface area (Å²) in [5.41, 5.74) is 0.296. The smallest absolute Gasteiger partial charge is 0.325 e. The first-order valence-corrected chi connectivity index (χ1v) is 8.37. The van der Waals surface area contributed by atoms with Crippen molar-refractivity contribution in [2.24, 2.45) is 0 Å². The lowest BCUT2D eigenvalue weighted by molar-refractivity contribution is -0.143. The molecule has 0 spiro atoms. The molecule has 0 aliphatic carbocycles. The van der Waals surface area contributed by atoms with Crippen LogP contribution in [0.2, 0.25) is 15.1 Å². The van der Waals surface area contributed by atoms with Crippen LogP contribution >= 0.6 is 34.8 Å². The molecular weight excluding hydrogens is 389 g/mol. The largest absolute Gasteiger partial charge is 0.488 e. The van der Waals surface area contributed by atoms with Gasteiger partial charge in [0.25, 0.3) is 5.91 Å². The highest BCUT2D eigenvalue weighted by Gasteiger charge is 2.10. The van der Waals surface area contributed by atoms with Crippen molar-refractivity contribution in [1.82, 2.24) is 5.32 Å². The lowest BCUT2D eigenvalue weighted by atomic mass is 10.2. The van der Waals surface area contributed by atoms with Crippen LogP contribution in [0.1, 0.15) is 10.4 Å². The van der Waals surface area contributed by atoms with Crippen molar-refractivity contribution in [2.45, 2.75) is 0 Å². The van der Waals surface area contributed by atoms with Gasteiger partial charge in [-0.05, 0) is 30.3 Å². The molecule has 2 aromatic carbocycles. The summed E-state index contributed by atoms with van der Waals surface area (Å²) in [7, 11) is 0. The lowest BCUT2D eigenvalue weighted by Crippen LogP contribution is -2.31. The fourth-order valence-electron chi connectivity index (χ4n) is 1.81. The van der Waals surface area contributed by atoms with Crippen molar-refractivity contribution in [1.29, 1.82) is 0 Å². The standard InChI is InChI=1S/C17H14Cl3NO4/c18-12-6-5-11(9-14(12)20)17(23)21-10-16(22)25-8-7-24-15-4-2-1-3-13(15)19/h1-6,9H,7-8,10H2,(H,21,23). The molecule has 25 heavy (non-hydrogen) atoms. The third-order valence-corrected chi connectivity index (χ3v) is 4.07. The van der Waals surface area contributed by atoms with Gasteiger partial charge >= 0.3 is 5.97 Å². The van der Waals surface area contributed by atoms with Gasteiger partial charge in [-0.25, -0.2) is 0 Å². The second-order valence-corrected chi connectivity index (χ2v) is 6.03. The van der Waals surface area contributed by atoms with Gasteiger partial charge in [-0.1, -0.05) is 46.9 Å². The van der Waals surface area contributed by atoms with E-state index < -0.39 is 11.9 Å². The number of esters is 1. The van der Waals surface area contributed by atoms with E-state index in [1.54, 1.807) is 24.3 Å². The highest BCUT2D eigenvalue weighted by molar-refractivity contribution is 6.42. The van der Waals surface area contributed by atoms with E-state index in [9.17, 15) is 9.59 Å². The molecule has 0 saturated heterocycles. The number of para-hydroxylation sites is 1. The minimum absolute atomic E-state index is 0.0344. The Morgan fingerprint density at radius 2 is 1.68 bits per heavy atom. The maximum Gasteiger partial charge on any atom is 0.325 e. The first-order chi connectivity index (χ1) is 12.0. The molecule has 0 heterocycles. The van der Waals surface area contributed by atoms with Crippen LogP contribution in [0.4, 0.5) is 0 Å². The summed E-state index contributed by atoms with van der Waals surface area (Å²) in [5, 5.41) is 3.51. The quantitative estimate of drug-likeness (QED) is 0.561. The second-order valence-electron chi connectivity index (χ2n) is 4.81. The highest BCUT2D eigenvalue weighted by Crippen LogP contribution is 2.23. The number of nitrogens with one attached hydrogen (secondary N) is 1. The van der Waals surface area contributed by atoms with Crippen molar-refractivity contribution in [3.8, 4) is 5.75 Å². The van der Waals surface area contributed by atoms with Gasteiger partial charge in [0.15, 0.2) is 0 Å². The van der Waals surface area contributed by atoms with E-state index >= 15 is 0 Å². The normalized spacial score (nSPS) is 10.2.